The third kappa shape index (κ3) is 2.56. The molecule has 17 heavy (non-hydrogen) atoms. The minimum atomic E-state index is 0.483. The number of nitrogens with zero attached hydrogens (tertiary/aromatic N) is 2. The quantitative estimate of drug-likeness (QED) is 0.840. The van der Waals surface area contributed by atoms with Crippen LogP contribution in [0, 0.1) is 6.92 Å². The van der Waals surface area contributed by atoms with Gasteiger partial charge in [0.05, 0.1) is 0 Å². The fraction of sp³-hybridized carbons (Fsp3) is 0.231. The van der Waals surface area contributed by atoms with E-state index in [9.17, 15) is 0 Å². The van der Waals surface area contributed by atoms with E-state index in [0.29, 0.717) is 5.15 Å². The number of anilines is 2. The van der Waals surface area contributed by atoms with Crippen molar-refractivity contribution in [3.05, 3.63) is 46.9 Å². The smallest absolute Gasteiger partial charge is 0.138 e. The number of halogens is 1. The average molecular weight is 248 g/mol. The molecule has 0 aliphatic heterocycles. The van der Waals surface area contributed by atoms with Crippen molar-refractivity contribution in [3.63, 3.8) is 0 Å². The molecule has 2 rings (SSSR count). The number of nitrogens with one attached hydrogen (secondary N) is 1. The molecule has 0 unspecified atom stereocenters. The Morgan fingerprint density at radius 1 is 1.24 bits per heavy atom. The van der Waals surface area contributed by atoms with E-state index >= 15 is 0 Å². The molecular formula is C13H14ClN3. The molecule has 0 atom stereocenters. The van der Waals surface area contributed by atoms with Crippen LogP contribution in [-0.4, -0.2) is 9.97 Å². The molecule has 0 aliphatic carbocycles. The summed E-state index contributed by atoms with van der Waals surface area (Å²) < 4.78 is 0. The molecule has 1 heterocycles. The highest BCUT2D eigenvalue weighted by Crippen LogP contribution is 2.24. The summed E-state index contributed by atoms with van der Waals surface area (Å²) in [7, 11) is 0. The summed E-state index contributed by atoms with van der Waals surface area (Å²) in [6, 6.07) is 8.16. The van der Waals surface area contributed by atoms with E-state index in [1.165, 1.54) is 11.9 Å². The summed E-state index contributed by atoms with van der Waals surface area (Å²) in [6.45, 7) is 4.03. The zero-order chi connectivity index (χ0) is 12.3. The van der Waals surface area contributed by atoms with Crippen LogP contribution in [0.25, 0.3) is 0 Å². The molecule has 0 radical (unpaired) electrons. The lowest BCUT2D eigenvalue weighted by Gasteiger charge is -2.12. The van der Waals surface area contributed by atoms with Gasteiger partial charge in [-0.1, -0.05) is 36.7 Å². The summed E-state index contributed by atoms with van der Waals surface area (Å²) >= 11 is 5.96. The van der Waals surface area contributed by atoms with Crippen molar-refractivity contribution in [2.24, 2.45) is 0 Å². The molecular weight excluding hydrogens is 234 g/mol. The van der Waals surface area contributed by atoms with Crippen molar-refractivity contribution in [1.82, 2.24) is 9.97 Å². The minimum absolute atomic E-state index is 0.483. The van der Waals surface area contributed by atoms with E-state index in [4.69, 9.17) is 11.6 Å². The number of hydrogen-bond acceptors (Lipinski definition) is 3. The Bertz CT molecular complexity index is 526. The van der Waals surface area contributed by atoms with E-state index in [0.717, 1.165) is 23.5 Å². The van der Waals surface area contributed by atoms with Gasteiger partial charge in [0.2, 0.25) is 0 Å². The fourth-order valence-corrected chi connectivity index (χ4v) is 1.77. The summed E-state index contributed by atoms with van der Waals surface area (Å²) in [5.41, 5.74) is 3.18. The minimum Gasteiger partial charge on any atom is -0.340 e. The van der Waals surface area contributed by atoms with Crippen molar-refractivity contribution in [1.29, 1.82) is 0 Å². The maximum absolute atomic E-state index is 5.96. The van der Waals surface area contributed by atoms with E-state index in [2.05, 4.69) is 28.3 Å². The highest BCUT2D eigenvalue weighted by Gasteiger charge is 2.06. The lowest BCUT2D eigenvalue weighted by atomic mass is 10.1. The molecule has 1 N–H and O–H groups in total. The number of aryl methyl sites for hydroxylation is 1. The Labute approximate surface area is 106 Å². The van der Waals surface area contributed by atoms with Crippen molar-refractivity contribution in [2.75, 3.05) is 5.32 Å². The standard InChI is InChI=1S/C13H14ClN3/c1-3-10-6-4-5-7-11(10)17-13-9(2)12(14)15-8-16-13/h4-8H,3H2,1-2H3,(H,15,16,17). The van der Waals surface area contributed by atoms with Crippen LogP contribution in [-0.2, 0) is 6.42 Å². The third-order valence-corrected chi connectivity index (χ3v) is 3.05. The summed E-state index contributed by atoms with van der Waals surface area (Å²) in [4.78, 5) is 8.14. The van der Waals surface area contributed by atoms with Gasteiger partial charge in [0.15, 0.2) is 0 Å². The van der Waals surface area contributed by atoms with Gasteiger partial charge in [0.1, 0.15) is 17.3 Å². The van der Waals surface area contributed by atoms with Crippen LogP contribution in [0.5, 0.6) is 0 Å². The predicted molar refractivity (Wildman–Crippen MR) is 70.9 cm³/mol. The number of hydrogen-bond donors (Lipinski definition) is 1. The molecule has 0 fully saturated rings. The van der Waals surface area contributed by atoms with Gasteiger partial charge in [0, 0.05) is 11.3 Å². The van der Waals surface area contributed by atoms with Gasteiger partial charge in [-0.25, -0.2) is 9.97 Å². The van der Waals surface area contributed by atoms with Crippen LogP contribution in [0.4, 0.5) is 11.5 Å². The second kappa shape index (κ2) is 5.15. The van der Waals surface area contributed by atoms with E-state index in [1.807, 2.05) is 25.1 Å². The highest BCUT2D eigenvalue weighted by molar-refractivity contribution is 6.30. The van der Waals surface area contributed by atoms with Gasteiger partial charge in [0.25, 0.3) is 0 Å². The molecule has 0 bridgehead atoms. The van der Waals surface area contributed by atoms with Crippen molar-refractivity contribution >= 4 is 23.1 Å². The molecule has 1 aromatic carbocycles. The molecule has 0 saturated heterocycles. The Hall–Kier alpha value is -1.61. The lowest BCUT2D eigenvalue weighted by Crippen LogP contribution is -2.00. The van der Waals surface area contributed by atoms with Crippen molar-refractivity contribution in [2.45, 2.75) is 20.3 Å². The van der Waals surface area contributed by atoms with E-state index in [1.54, 1.807) is 0 Å². The summed E-state index contributed by atoms with van der Waals surface area (Å²) in [5, 5.41) is 3.78. The Morgan fingerprint density at radius 3 is 2.76 bits per heavy atom. The first-order valence-corrected chi connectivity index (χ1v) is 5.92. The molecule has 4 heteroatoms. The average Bonchev–Trinajstić information content (AvgIpc) is 2.35. The maximum Gasteiger partial charge on any atom is 0.138 e. The second-order valence-corrected chi connectivity index (χ2v) is 4.13. The molecule has 0 aliphatic rings. The topological polar surface area (TPSA) is 37.8 Å². The monoisotopic (exact) mass is 247 g/mol. The molecule has 88 valence electrons. The zero-order valence-electron chi connectivity index (χ0n) is 9.87. The van der Waals surface area contributed by atoms with Gasteiger partial charge < -0.3 is 5.32 Å². The second-order valence-electron chi connectivity index (χ2n) is 3.77. The van der Waals surface area contributed by atoms with Crippen molar-refractivity contribution in [3.8, 4) is 0 Å². The van der Waals surface area contributed by atoms with Gasteiger partial charge in [-0.15, -0.1) is 0 Å². The van der Waals surface area contributed by atoms with E-state index in [-0.39, 0.29) is 0 Å². The molecule has 0 saturated carbocycles. The number of aromatic nitrogens is 2. The normalized spacial score (nSPS) is 10.3. The molecule has 0 spiro atoms. The molecule has 0 amide bonds. The Morgan fingerprint density at radius 2 is 2.00 bits per heavy atom. The summed E-state index contributed by atoms with van der Waals surface area (Å²) in [6.07, 6.45) is 2.44. The van der Waals surface area contributed by atoms with Crippen molar-refractivity contribution < 1.29 is 0 Å². The van der Waals surface area contributed by atoms with Crippen LogP contribution >= 0.6 is 11.6 Å². The summed E-state index contributed by atoms with van der Waals surface area (Å²) in [5.74, 6) is 0.755. The van der Waals surface area contributed by atoms with Crippen LogP contribution in [0.15, 0.2) is 30.6 Å². The highest BCUT2D eigenvalue weighted by atomic mass is 35.5. The zero-order valence-corrected chi connectivity index (χ0v) is 10.6. The SMILES string of the molecule is CCc1ccccc1Nc1ncnc(Cl)c1C. The fourth-order valence-electron chi connectivity index (χ4n) is 1.63. The first-order valence-electron chi connectivity index (χ1n) is 5.54. The lowest BCUT2D eigenvalue weighted by molar-refractivity contribution is 1.11. The van der Waals surface area contributed by atoms with Crippen LogP contribution in [0.1, 0.15) is 18.1 Å². The van der Waals surface area contributed by atoms with Gasteiger partial charge >= 0.3 is 0 Å². The number of para-hydroxylation sites is 1. The first kappa shape index (κ1) is 11.9. The Kier molecular flexibility index (Phi) is 3.59. The van der Waals surface area contributed by atoms with Gasteiger partial charge in [-0.05, 0) is 25.0 Å². The van der Waals surface area contributed by atoms with Crippen LogP contribution < -0.4 is 5.32 Å². The Balaban J connectivity index is 2.35. The molecule has 1 aromatic heterocycles. The van der Waals surface area contributed by atoms with Crippen LogP contribution in [0.2, 0.25) is 5.15 Å². The maximum atomic E-state index is 5.96. The number of rotatable bonds is 3. The van der Waals surface area contributed by atoms with Gasteiger partial charge in [-0.2, -0.15) is 0 Å². The van der Waals surface area contributed by atoms with E-state index < -0.39 is 0 Å². The number of benzene rings is 1. The largest absolute Gasteiger partial charge is 0.340 e. The first-order chi connectivity index (χ1) is 8.22. The molecule has 2 aromatic rings. The predicted octanol–water partition coefficient (Wildman–Crippen LogP) is 3.74. The van der Waals surface area contributed by atoms with Crippen LogP contribution in [0.3, 0.4) is 0 Å². The molecule has 3 nitrogen and oxygen atoms in total. The third-order valence-electron chi connectivity index (χ3n) is 2.67. The van der Waals surface area contributed by atoms with Gasteiger partial charge in [-0.3, -0.25) is 0 Å².